The predicted octanol–water partition coefficient (Wildman–Crippen LogP) is 1.93. The van der Waals surface area contributed by atoms with Crippen LogP contribution in [0.15, 0.2) is 47.6 Å². The van der Waals surface area contributed by atoms with Gasteiger partial charge >= 0.3 is 5.97 Å². The minimum atomic E-state index is -0.985. The number of allylic oxidation sites excluding steroid dienone is 1. The van der Waals surface area contributed by atoms with Crippen LogP contribution in [0, 0.1) is 0 Å². The number of nitrogens with zero attached hydrogens (tertiary/aromatic N) is 2. The van der Waals surface area contributed by atoms with Crippen molar-refractivity contribution >= 4 is 23.3 Å². The Morgan fingerprint density at radius 2 is 2.00 bits per heavy atom. The van der Waals surface area contributed by atoms with Crippen LogP contribution in [0.1, 0.15) is 25.7 Å². The molecule has 0 fully saturated rings. The molecule has 1 heterocycles. The number of anilines is 1. The molecule has 2 aliphatic rings. The highest BCUT2D eigenvalue weighted by molar-refractivity contribution is 6.40. The van der Waals surface area contributed by atoms with Gasteiger partial charge in [-0.2, -0.15) is 5.10 Å². The van der Waals surface area contributed by atoms with E-state index in [1.165, 1.54) is 5.01 Å². The van der Waals surface area contributed by atoms with Crippen molar-refractivity contribution in [2.75, 3.05) is 5.01 Å². The number of para-hydroxylation sites is 1. The Bertz CT molecular complexity index is 654. The second kappa shape index (κ2) is 6.64. The van der Waals surface area contributed by atoms with Crippen LogP contribution in [-0.2, 0) is 9.59 Å². The Morgan fingerprint density at radius 3 is 2.65 bits per heavy atom. The van der Waals surface area contributed by atoms with Gasteiger partial charge in [-0.1, -0.05) is 30.4 Å². The monoisotopic (exact) mass is 313 g/mol. The molecule has 0 spiro atoms. The van der Waals surface area contributed by atoms with Crippen molar-refractivity contribution in [1.82, 2.24) is 5.32 Å². The minimum Gasteiger partial charge on any atom is -0.480 e. The standard InChI is InChI=1S/C17H19N3O3/c21-16(18-12-7-3-1-4-8-12)14-11-15(17(22)23)20(19-14)13-9-5-2-6-10-13/h1-3,5-6,9-10,12,15H,4,7-8,11H2,(H,18,21)(H,22,23). The van der Waals surface area contributed by atoms with Gasteiger partial charge in [-0.15, -0.1) is 0 Å². The smallest absolute Gasteiger partial charge is 0.328 e. The van der Waals surface area contributed by atoms with Gasteiger partial charge in [-0.05, 0) is 31.4 Å². The van der Waals surface area contributed by atoms with E-state index >= 15 is 0 Å². The normalized spacial score (nSPS) is 23.5. The number of hydrazone groups is 1. The molecule has 1 aliphatic carbocycles. The Kier molecular flexibility index (Phi) is 4.41. The van der Waals surface area contributed by atoms with Crippen molar-refractivity contribution in [2.45, 2.75) is 37.8 Å². The molecule has 23 heavy (non-hydrogen) atoms. The van der Waals surface area contributed by atoms with Crippen LogP contribution in [0.3, 0.4) is 0 Å². The summed E-state index contributed by atoms with van der Waals surface area (Å²) >= 11 is 0. The minimum absolute atomic E-state index is 0.101. The second-order valence-corrected chi connectivity index (χ2v) is 5.74. The highest BCUT2D eigenvalue weighted by atomic mass is 16.4. The van der Waals surface area contributed by atoms with E-state index in [1.807, 2.05) is 18.2 Å². The lowest BCUT2D eigenvalue weighted by Crippen LogP contribution is -2.40. The highest BCUT2D eigenvalue weighted by Gasteiger charge is 2.36. The molecule has 0 radical (unpaired) electrons. The Hall–Kier alpha value is -2.63. The molecule has 1 aromatic rings. The maximum absolute atomic E-state index is 12.4. The summed E-state index contributed by atoms with van der Waals surface area (Å²) < 4.78 is 0. The Balaban J connectivity index is 1.75. The average Bonchev–Trinajstić information content (AvgIpc) is 3.02. The van der Waals surface area contributed by atoms with Gasteiger partial charge in [0.15, 0.2) is 6.04 Å². The Morgan fingerprint density at radius 1 is 1.22 bits per heavy atom. The number of amides is 1. The number of nitrogens with one attached hydrogen (secondary N) is 1. The number of hydrogen-bond acceptors (Lipinski definition) is 4. The molecule has 2 atom stereocenters. The van der Waals surface area contributed by atoms with E-state index in [9.17, 15) is 14.7 Å². The fourth-order valence-corrected chi connectivity index (χ4v) is 2.85. The fourth-order valence-electron chi connectivity index (χ4n) is 2.85. The summed E-state index contributed by atoms with van der Waals surface area (Å²) in [5.41, 5.74) is 0.944. The van der Waals surface area contributed by atoms with Gasteiger partial charge in [0, 0.05) is 12.5 Å². The van der Waals surface area contributed by atoms with E-state index in [4.69, 9.17) is 0 Å². The zero-order valence-corrected chi connectivity index (χ0v) is 12.7. The number of aliphatic carboxylic acids is 1. The van der Waals surface area contributed by atoms with E-state index < -0.39 is 12.0 Å². The maximum Gasteiger partial charge on any atom is 0.328 e. The summed E-state index contributed by atoms with van der Waals surface area (Å²) in [6.07, 6.45) is 6.93. The van der Waals surface area contributed by atoms with Gasteiger partial charge in [-0.25, -0.2) is 4.79 Å². The largest absolute Gasteiger partial charge is 0.480 e. The van der Waals surface area contributed by atoms with Crippen LogP contribution in [0.4, 0.5) is 5.69 Å². The number of carboxylic acid groups (broad SMARTS) is 1. The van der Waals surface area contributed by atoms with Crippen LogP contribution >= 0.6 is 0 Å². The first-order valence-electron chi connectivity index (χ1n) is 7.75. The van der Waals surface area contributed by atoms with E-state index in [-0.39, 0.29) is 24.1 Å². The summed E-state index contributed by atoms with van der Waals surface area (Å²) in [5, 5.41) is 18.0. The molecular weight excluding hydrogens is 294 g/mol. The third-order valence-corrected chi connectivity index (χ3v) is 4.08. The van der Waals surface area contributed by atoms with Crippen molar-refractivity contribution in [3.05, 3.63) is 42.5 Å². The summed E-state index contributed by atoms with van der Waals surface area (Å²) in [6, 6.07) is 8.31. The molecule has 120 valence electrons. The van der Waals surface area contributed by atoms with Gasteiger partial charge in [0.25, 0.3) is 5.91 Å². The molecule has 3 rings (SSSR count). The quantitative estimate of drug-likeness (QED) is 0.832. The Labute approximate surface area is 134 Å². The number of benzene rings is 1. The van der Waals surface area contributed by atoms with E-state index in [0.29, 0.717) is 5.69 Å². The molecule has 2 unspecified atom stereocenters. The molecule has 0 saturated heterocycles. The van der Waals surface area contributed by atoms with Gasteiger partial charge < -0.3 is 10.4 Å². The third kappa shape index (κ3) is 3.41. The number of carboxylic acids is 1. The SMILES string of the molecule is O=C(NC1CC=CCC1)C1=NN(c2ccccc2)C(C(=O)O)C1. The molecule has 0 saturated carbocycles. The first kappa shape index (κ1) is 15.3. The number of hydrogen-bond donors (Lipinski definition) is 2. The topological polar surface area (TPSA) is 82.0 Å². The van der Waals surface area contributed by atoms with E-state index in [0.717, 1.165) is 19.3 Å². The van der Waals surface area contributed by atoms with Crippen LogP contribution in [0.5, 0.6) is 0 Å². The molecule has 0 aromatic heterocycles. The lowest BCUT2D eigenvalue weighted by Gasteiger charge is -2.19. The van der Waals surface area contributed by atoms with Crippen molar-refractivity contribution < 1.29 is 14.7 Å². The molecule has 6 heteroatoms. The summed E-state index contributed by atoms with van der Waals surface area (Å²) in [4.78, 5) is 23.9. The molecule has 1 amide bonds. The van der Waals surface area contributed by atoms with E-state index in [2.05, 4.69) is 22.6 Å². The van der Waals surface area contributed by atoms with Gasteiger partial charge in [-0.3, -0.25) is 9.80 Å². The van der Waals surface area contributed by atoms with Crippen LogP contribution in [0.2, 0.25) is 0 Å². The van der Waals surface area contributed by atoms with Crippen LogP contribution < -0.4 is 10.3 Å². The zero-order valence-electron chi connectivity index (χ0n) is 12.7. The third-order valence-electron chi connectivity index (χ3n) is 4.08. The van der Waals surface area contributed by atoms with Gasteiger partial charge in [0.2, 0.25) is 0 Å². The first-order valence-corrected chi connectivity index (χ1v) is 7.75. The van der Waals surface area contributed by atoms with E-state index in [1.54, 1.807) is 12.1 Å². The molecule has 2 N–H and O–H groups in total. The van der Waals surface area contributed by atoms with Crippen LogP contribution in [0.25, 0.3) is 0 Å². The zero-order chi connectivity index (χ0) is 16.2. The number of rotatable bonds is 4. The lowest BCUT2D eigenvalue weighted by molar-refractivity contribution is -0.138. The fraction of sp³-hybridized carbons (Fsp3) is 0.353. The van der Waals surface area contributed by atoms with Gasteiger partial charge in [0.05, 0.1) is 5.69 Å². The lowest BCUT2D eigenvalue weighted by atomic mass is 10.0. The molecule has 0 bridgehead atoms. The van der Waals surface area contributed by atoms with Gasteiger partial charge in [0.1, 0.15) is 5.71 Å². The second-order valence-electron chi connectivity index (χ2n) is 5.74. The summed E-state index contributed by atoms with van der Waals surface area (Å²) in [5.74, 6) is -1.25. The number of carbonyl (C=O) groups excluding carboxylic acids is 1. The maximum atomic E-state index is 12.4. The molecular formula is C17H19N3O3. The molecule has 6 nitrogen and oxygen atoms in total. The predicted molar refractivity (Wildman–Crippen MR) is 87.3 cm³/mol. The molecule has 1 aliphatic heterocycles. The number of carbonyl (C=O) groups is 2. The summed E-state index contributed by atoms with van der Waals surface area (Å²) in [6.45, 7) is 0. The van der Waals surface area contributed by atoms with Crippen molar-refractivity contribution in [2.24, 2.45) is 5.10 Å². The van der Waals surface area contributed by atoms with Crippen molar-refractivity contribution in [1.29, 1.82) is 0 Å². The first-order chi connectivity index (χ1) is 11.1. The van der Waals surface area contributed by atoms with Crippen molar-refractivity contribution in [3.63, 3.8) is 0 Å². The van der Waals surface area contributed by atoms with Crippen LogP contribution in [-0.4, -0.2) is 34.8 Å². The molecule has 1 aromatic carbocycles. The average molecular weight is 313 g/mol. The highest BCUT2D eigenvalue weighted by Crippen LogP contribution is 2.24. The summed E-state index contributed by atoms with van der Waals surface area (Å²) in [7, 11) is 0. The van der Waals surface area contributed by atoms with Crippen molar-refractivity contribution in [3.8, 4) is 0 Å².